The summed E-state index contributed by atoms with van der Waals surface area (Å²) in [4.78, 5) is 14.6. The van der Waals surface area contributed by atoms with Crippen LogP contribution in [0.3, 0.4) is 0 Å². The Kier molecular flexibility index (Phi) is 5.26. The molecule has 0 aliphatic heterocycles. The SMILES string of the molecule is Cc1nn(-c2ccccc2)c(OC(=O)c2ccccc2)c1Sc1ccccc1. The number of carbonyl (C=O) groups excluding carboxylic acids is 1. The Hall–Kier alpha value is -3.31. The van der Waals surface area contributed by atoms with Gasteiger partial charge in [0.15, 0.2) is 0 Å². The maximum absolute atomic E-state index is 12.7. The molecule has 0 atom stereocenters. The third kappa shape index (κ3) is 3.85. The molecule has 3 aromatic carbocycles. The number of aryl methyl sites for hydroxylation is 1. The third-order valence-corrected chi connectivity index (χ3v) is 5.31. The molecule has 0 N–H and O–H groups in total. The topological polar surface area (TPSA) is 44.1 Å². The van der Waals surface area contributed by atoms with Crippen LogP contribution in [-0.4, -0.2) is 15.7 Å². The lowest BCUT2D eigenvalue weighted by molar-refractivity contribution is 0.0718. The van der Waals surface area contributed by atoms with Gasteiger partial charge in [0.2, 0.25) is 5.88 Å². The number of carbonyl (C=O) groups is 1. The molecule has 0 radical (unpaired) electrons. The molecule has 0 spiro atoms. The highest BCUT2D eigenvalue weighted by Crippen LogP contribution is 2.39. The van der Waals surface area contributed by atoms with Gasteiger partial charge in [-0.05, 0) is 43.3 Å². The first kappa shape index (κ1) is 18.1. The molecule has 0 aliphatic rings. The lowest BCUT2D eigenvalue weighted by atomic mass is 10.2. The second-order valence-corrected chi connectivity index (χ2v) is 7.22. The van der Waals surface area contributed by atoms with E-state index in [2.05, 4.69) is 5.10 Å². The number of benzene rings is 3. The van der Waals surface area contributed by atoms with Crippen molar-refractivity contribution in [2.75, 3.05) is 0 Å². The first-order valence-corrected chi connectivity index (χ1v) is 9.69. The molecule has 1 heterocycles. The van der Waals surface area contributed by atoms with Crippen LogP contribution in [0.25, 0.3) is 5.69 Å². The number of hydrogen-bond donors (Lipinski definition) is 0. The second kappa shape index (κ2) is 8.15. The van der Waals surface area contributed by atoms with E-state index in [1.807, 2.05) is 85.8 Å². The molecule has 5 heteroatoms. The summed E-state index contributed by atoms with van der Waals surface area (Å²) in [6.07, 6.45) is 0. The van der Waals surface area contributed by atoms with E-state index < -0.39 is 5.97 Å². The average molecular weight is 386 g/mol. The summed E-state index contributed by atoms with van der Waals surface area (Å²) >= 11 is 1.53. The highest BCUT2D eigenvalue weighted by Gasteiger charge is 2.22. The van der Waals surface area contributed by atoms with Gasteiger partial charge in [0.25, 0.3) is 0 Å². The lowest BCUT2D eigenvalue weighted by Gasteiger charge is -2.10. The molecule has 4 rings (SSSR count). The molecule has 0 fully saturated rings. The van der Waals surface area contributed by atoms with Crippen LogP contribution in [0.1, 0.15) is 16.1 Å². The molecule has 0 bridgehead atoms. The highest BCUT2D eigenvalue weighted by molar-refractivity contribution is 7.99. The van der Waals surface area contributed by atoms with Crippen molar-refractivity contribution >= 4 is 17.7 Å². The fourth-order valence-electron chi connectivity index (χ4n) is 2.77. The van der Waals surface area contributed by atoms with Crippen LogP contribution in [0.4, 0.5) is 0 Å². The van der Waals surface area contributed by atoms with Crippen molar-refractivity contribution < 1.29 is 9.53 Å². The zero-order chi connectivity index (χ0) is 19.3. The Morgan fingerprint density at radius 3 is 2.07 bits per heavy atom. The summed E-state index contributed by atoms with van der Waals surface area (Å²) in [6.45, 7) is 1.92. The van der Waals surface area contributed by atoms with Gasteiger partial charge in [-0.15, -0.1) is 0 Å². The molecule has 1 aromatic heterocycles. The maximum Gasteiger partial charge on any atom is 0.344 e. The van der Waals surface area contributed by atoms with Crippen LogP contribution in [0.15, 0.2) is 101 Å². The minimum atomic E-state index is -0.410. The van der Waals surface area contributed by atoms with Crippen molar-refractivity contribution in [3.05, 3.63) is 102 Å². The first-order chi connectivity index (χ1) is 13.7. The smallest absolute Gasteiger partial charge is 0.344 e. The van der Waals surface area contributed by atoms with Crippen molar-refractivity contribution in [3.8, 4) is 11.6 Å². The van der Waals surface area contributed by atoms with Gasteiger partial charge in [-0.2, -0.15) is 9.78 Å². The van der Waals surface area contributed by atoms with Crippen LogP contribution in [0.2, 0.25) is 0 Å². The Morgan fingerprint density at radius 2 is 1.43 bits per heavy atom. The number of nitrogens with zero attached hydrogens (tertiary/aromatic N) is 2. The van der Waals surface area contributed by atoms with Gasteiger partial charge in [0.05, 0.1) is 21.8 Å². The number of ether oxygens (including phenoxy) is 1. The van der Waals surface area contributed by atoms with E-state index in [4.69, 9.17) is 4.74 Å². The van der Waals surface area contributed by atoms with Gasteiger partial charge in [0.1, 0.15) is 0 Å². The average Bonchev–Trinajstić information content (AvgIpc) is 3.05. The molecule has 4 aromatic rings. The zero-order valence-corrected chi connectivity index (χ0v) is 16.1. The van der Waals surface area contributed by atoms with E-state index in [0.717, 1.165) is 21.2 Å². The van der Waals surface area contributed by atoms with E-state index in [9.17, 15) is 4.79 Å². The molecular weight excluding hydrogens is 368 g/mol. The largest absolute Gasteiger partial charge is 0.402 e. The van der Waals surface area contributed by atoms with E-state index in [1.54, 1.807) is 16.8 Å². The fraction of sp³-hybridized carbons (Fsp3) is 0.0435. The van der Waals surface area contributed by atoms with Crippen molar-refractivity contribution in [1.29, 1.82) is 0 Å². The van der Waals surface area contributed by atoms with E-state index >= 15 is 0 Å². The molecule has 138 valence electrons. The molecule has 0 saturated carbocycles. The van der Waals surface area contributed by atoms with Crippen molar-refractivity contribution in [2.24, 2.45) is 0 Å². The minimum absolute atomic E-state index is 0.410. The number of rotatable bonds is 5. The van der Waals surface area contributed by atoms with Crippen LogP contribution in [-0.2, 0) is 0 Å². The van der Waals surface area contributed by atoms with Crippen LogP contribution < -0.4 is 4.74 Å². The summed E-state index contributed by atoms with van der Waals surface area (Å²) in [7, 11) is 0. The summed E-state index contributed by atoms with van der Waals surface area (Å²) in [6, 6.07) is 28.6. The van der Waals surface area contributed by atoms with Crippen molar-refractivity contribution in [2.45, 2.75) is 16.7 Å². The monoisotopic (exact) mass is 386 g/mol. The Labute approximate surface area is 167 Å². The molecule has 4 nitrogen and oxygen atoms in total. The first-order valence-electron chi connectivity index (χ1n) is 8.87. The highest BCUT2D eigenvalue weighted by atomic mass is 32.2. The van der Waals surface area contributed by atoms with E-state index in [-0.39, 0.29) is 0 Å². The number of para-hydroxylation sites is 1. The zero-order valence-electron chi connectivity index (χ0n) is 15.3. The summed E-state index contributed by atoms with van der Waals surface area (Å²) in [5.41, 5.74) is 2.13. The lowest BCUT2D eigenvalue weighted by Crippen LogP contribution is -2.12. The molecular formula is C23H18N2O2S. The minimum Gasteiger partial charge on any atom is -0.402 e. The van der Waals surface area contributed by atoms with E-state index in [0.29, 0.717) is 11.4 Å². The van der Waals surface area contributed by atoms with Crippen LogP contribution in [0.5, 0.6) is 5.88 Å². The molecule has 0 aliphatic carbocycles. The molecule has 0 amide bonds. The van der Waals surface area contributed by atoms with Crippen LogP contribution in [0, 0.1) is 6.92 Å². The van der Waals surface area contributed by atoms with Gasteiger partial charge < -0.3 is 4.74 Å². The summed E-state index contributed by atoms with van der Waals surface area (Å²) in [5, 5.41) is 4.64. The Morgan fingerprint density at radius 1 is 0.857 bits per heavy atom. The predicted molar refractivity (Wildman–Crippen MR) is 110 cm³/mol. The maximum atomic E-state index is 12.7. The quantitative estimate of drug-likeness (QED) is 0.422. The third-order valence-electron chi connectivity index (χ3n) is 4.13. The second-order valence-electron chi connectivity index (χ2n) is 6.14. The predicted octanol–water partition coefficient (Wildman–Crippen LogP) is 5.55. The van der Waals surface area contributed by atoms with Crippen molar-refractivity contribution in [3.63, 3.8) is 0 Å². The molecule has 28 heavy (non-hydrogen) atoms. The fourth-order valence-corrected chi connectivity index (χ4v) is 3.70. The summed E-state index contributed by atoms with van der Waals surface area (Å²) in [5.74, 6) is 0.0130. The van der Waals surface area contributed by atoms with Gasteiger partial charge in [0, 0.05) is 4.90 Å². The number of esters is 1. The standard InChI is InChI=1S/C23H18N2O2S/c1-17-21(28-20-15-9-4-10-16-20)22(25(24-17)19-13-7-3-8-14-19)27-23(26)18-11-5-2-6-12-18/h2-16H,1H3. The van der Waals surface area contributed by atoms with Gasteiger partial charge in [-0.25, -0.2) is 4.79 Å². The van der Waals surface area contributed by atoms with Crippen molar-refractivity contribution in [1.82, 2.24) is 9.78 Å². The number of aromatic nitrogens is 2. The van der Waals surface area contributed by atoms with E-state index in [1.165, 1.54) is 11.8 Å². The molecule has 0 saturated heterocycles. The summed E-state index contributed by atoms with van der Waals surface area (Å²) < 4.78 is 7.53. The van der Waals surface area contributed by atoms with Gasteiger partial charge in [-0.3, -0.25) is 0 Å². The van der Waals surface area contributed by atoms with Gasteiger partial charge >= 0.3 is 5.97 Å². The number of hydrogen-bond acceptors (Lipinski definition) is 4. The van der Waals surface area contributed by atoms with Gasteiger partial charge in [-0.1, -0.05) is 66.4 Å². The van der Waals surface area contributed by atoms with Crippen LogP contribution >= 0.6 is 11.8 Å². The normalized spacial score (nSPS) is 10.6. The Bertz CT molecular complexity index is 1080. The molecule has 0 unspecified atom stereocenters. The Balaban J connectivity index is 1.77.